The quantitative estimate of drug-likeness (QED) is 0.667. The van der Waals surface area contributed by atoms with Crippen molar-refractivity contribution in [2.45, 2.75) is 16.7 Å². The lowest BCUT2D eigenvalue weighted by molar-refractivity contribution is 0.595. The molecule has 3 rings (SSSR count). The molecule has 7 nitrogen and oxygen atoms in total. The van der Waals surface area contributed by atoms with Gasteiger partial charge in [0.1, 0.15) is 11.5 Å². The van der Waals surface area contributed by atoms with E-state index in [-0.39, 0.29) is 38.1 Å². The van der Waals surface area contributed by atoms with Crippen molar-refractivity contribution in [3.05, 3.63) is 36.3 Å². The molecule has 0 saturated carbocycles. The molecular formula is C16H16FN3O4S2. The van der Waals surface area contributed by atoms with E-state index in [9.17, 15) is 21.2 Å². The average Bonchev–Trinajstić information content (AvgIpc) is 2.89. The number of hydrogen-bond acceptors (Lipinski definition) is 6. The van der Waals surface area contributed by atoms with E-state index in [0.29, 0.717) is 0 Å². The van der Waals surface area contributed by atoms with Crippen molar-refractivity contribution in [3.63, 3.8) is 0 Å². The van der Waals surface area contributed by atoms with Crippen molar-refractivity contribution >= 4 is 30.7 Å². The topological polar surface area (TPSA) is 99.0 Å². The fourth-order valence-electron chi connectivity index (χ4n) is 2.74. The first kappa shape index (κ1) is 18.5. The van der Waals surface area contributed by atoms with Gasteiger partial charge in [-0.2, -0.15) is 0 Å². The summed E-state index contributed by atoms with van der Waals surface area (Å²) in [6, 6.07) is 4.94. The molecule has 0 atom stereocenters. The Hall–Kier alpha value is -2.33. The standard InChI is InChI=1S/C16H16FN3O4S2/c1-4-26(23,24)12-6-5-7-18-14(12)16-19-11-8-10(17)9-13(25(3,21)22)15(11)20(16)2/h5-9H,4H2,1-3H3. The van der Waals surface area contributed by atoms with Gasteiger partial charge >= 0.3 is 0 Å². The fourth-order valence-corrected chi connectivity index (χ4v) is 4.69. The largest absolute Gasteiger partial charge is 0.325 e. The lowest BCUT2D eigenvalue weighted by Gasteiger charge is -2.09. The minimum absolute atomic E-state index is 0.0118. The van der Waals surface area contributed by atoms with Crippen LogP contribution in [-0.4, -0.2) is 43.4 Å². The number of nitrogens with zero attached hydrogens (tertiary/aromatic N) is 3. The minimum atomic E-state index is -3.73. The zero-order chi connectivity index (χ0) is 19.3. The highest BCUT2D eigenvalue weighted by Gasteiger charge is 2.25. The van der Waals surface area contributed by atoms with Crippen LogP contribution in [0, 0.1) is 5.82 Å². The second-order valence-corrected chi connectivity index (χ2v) is 10.0. The first-order valence-electron chi connectivity index (χ1n) is 7.60. The predicted molar refractivity (Wildman–Crippen MR) is 94.7 cm³/mol. The van der Waals surface area contributed by atoms with Gasteiger partial charge in [0.2, 0.25) is 0 Å². The summed E-state index contributed by atoms with van der Waals surface area (Å²) in [6.45, 7) is 1.51. The Morgan fingerprint density at radius 3 is 2.46 bits per heavy atom. The molecule has 0 aliphatic heterocycles. The lowest BCUT2D eigenvalue weighted by Crippen LogP contribution is -2.08. The van der Waals surface area contributed by atoms with E-state index in [1.807, 2.05) is 0 Å². The van der Waals surface area contributed by atoms with Crippen LogP contribution in [0.2, 0.25) is 0 Å². The molecule has 0 spiro atoms. The van der Waals surface area contributed by atoms with E-state index in [1.165, 1.54) is 36.9 Å². The van der Waals surface area contributed by atoms with Crippen LogP contribution in [0.1, 0.15) is 6.92 Å². The van der Waals surface area contributed by atoms with Gasteiger partial charge in [0.25, 0.3) is 0 Å². The van der Waals surface area contributed by atoms with Crippen LogP contribution in [0.15, 0.2) is 40.3 Å². The van der Waals surface area contributed by atoms with Crippen molar-refractivity contribution < 1.29 is 21.2 Å². The van der Waals surface area contributed by atoms with Gasteiger partial charge in [-0.25, -0.2) is 26.2 Å². The van der Waals surface area contributed by atoms with Crippen LogP contribution in [0.3, 0.4) is 0 Å². The van der Waals surface area contributed by atoms with Crippen molar-refractivity contribution in [1.82, 2.24) is 14.5 Å². The van der Waals surface area contributed by atoms with Gasteiger partial charge in [-0.3, -0.25) is 4.98 Å². The minimum Gasteiger partial charge on any atom is -0.325 e. The van der Waals surface area contributed by atoms with E-state index in [0.717, 1.165) is 18.4 Å². The van der Waals surface area contributed by atoms with Crippen LogP contribution in [-0.2, 0) is 26.7 Å². The molecule has 2 heterocycles. The van der Waals surface area contributed by atoms with Crippen molar-refractivity contribution in [3.8, 4) is 11.5 Å². The number of rotatable bonds is 4. The molecule has 0 saturated heterocycles. The molecule has 138 valence electrons. The predicted octanol–water partition coefficient (Wildman–Crippen LogP) is 1.97. The summed E-state index contributed by atoms with van der Waals surface area (Å²) in [5.41, 5.74) is 0.385. The average molecular weight is 397 g/mol. The lowest BCUT2D eigenvalue weighted by atomic mass is 10.3. The number of fused-ring (bicyclic) bond motifs is 1. The summed E-state index contributed by atoms with van der Waals surface area (Å²) in [5, 5.41) is 0. The number of imidazole rings is 1. The Kier molecular flexibility index (Phi) is 4.35. The molecule has 1 aromatic carbocycles. The Morgan fingerprint density at radius 2 is 1.85 bits per heavy atom. The van der Waals surface area contributed by atoms with Crippen LogP contribution < -0.4 is 0 Å². The summed E-state index contributed by atoms with van der Waals surface area (Å²) in [7, 11) is -5.78. The Morgan fingerprint density at radius 1 is 1.15 bits per heavy atom. The van der Waals surface area contributed by atoms with Crippen LogP contribution in [0.5, 0.6) is 0 Å². The highest BCUT2D eigenvalue weighted by Crippen LogP contribution is 2.31. The molecule has 26 heavy (non-hydrogen) atoms. The summed E-state index contributed by atoms with van der Waals surface area (Å²) < 4.78 is 64.1. The number of aryl methyl sites for hydroxylation is 1. The zero-order valence-electron chi connectivity index (χ0n) is 14.3. The highest BCUT2D eigenvalue weighted by molar-refractivity contribution is 7.91. The van der Waals surface area contributed by atoms with Gasteiger partial charge in [-0.15, -0.1) is 0 Å². The van der Waals surface area contributed by atoms with Gasteiger partial charge in [0, 0.05) is 25.6 Å². The van der Waals surface area contributed by atoms with Crippen LogP contribution in [0.25, 0.3) is 22.6 Å². The molecule has 10 heteroatoms. The highest BCUT2D eigenvalue weighted by atomic mass is 32.2. The smallest absolute Gasteiger partial charge is 0.180 e. The zero-order valence-corrected chi connectivity index (χ0v) is 15.9. The first-order chi connectivity index (χ1) is 12.1. The summed E-state index contributed by atoms with van der Waals surface area (Å²) >= 11 is 0. The number of aromatic nitrogens is 3. The van der Waals surface area contributed by atoms with Crippen molar-refractivity contribution in [1.29, 1.82) is 0 Å². The molecule has 2 aromatic heterocycles. The van der Waals surface area contributed by atoms with Gasteiger partial charge < -0.3 is 4.57 Å². The molecule has 0 aliphatic rings. The van der Waals surface area contributed by atoms with Gasteiger partial charge in [0.15, 0.2) is 25.5 Å². The summed E-state index contributed by atoms with van der Waals surface area (Å²) in [5.74, 6) is -0.730. The number of halogens is 1. The second-order valence-electron chi connectivity index (χ2n) is 5.79. The van der Waals surface area contributed by atoms with Crippen molar-refractivity contribution in [2.75, 3.05) is 12.0 Å². The molecular weight excluding hydrogens is 381 g/mol. The summed E-state index contributed by atoms with van der Waals surface area (Å²) in [6.07, 6.45) is 2.39. The maximum atomic E-state index is 13.9. The number of pyridine rings is 1. The molecule has 0 aliphatic carbocycles. The SMILES string of the molecule is CCS(=O)(=O)c1cccnc1-c1nc2cc(F)cc(S(C)(=O)=O)c2n1C. The van der Waals surface area contributed by atoms with Crippen molar-refractivity contribution in [2.24, 2.45) is 7.05 Å². The normalized spacial score (nSPS) is 12.6. The molecule has 0 bridgehead atoms. The first-order valence-corrected chi connectivity index (χ1v) is 11.1. The fraction of sp³-hybridized carbons (Fsp3) is 0.250. The number of sulfone groups is 2. The van der Waals surface area contributed by atoms with E-state index in [4.69, 9.17) is 0 Å². The Bertz CT molecular complexity index is 1230. The van der Waals surface area contributed by atoms with Crippen LogP contribution >= 0.6 is 0 Å². The molecule has 0 amide bonds. The molecule has 0 N–H and O–H groups in total. The second kappa shape index (κ2) is 6.13. The van der Waals surface area contributed by atoms with E-state index >= 15 is 0 Å². The number of benzene rings is 1. The van der Waals surface area contributed by atoms with E-state index < -0.39 is 25.5 Å². The molecule has 0 radical (unpaired) electrons. The van der Waals surface area contributed by atoms with Crippen LogP contribution in [0.4, 0.5) is 4.39 Å². The third kappa shape index (κ3) is 2.99. The number of hydrogen-bond donors (Lipinski definition) is 0. The maximum Gasteiger partial charge on any atom is 0.180 e. The van der Waals surface area contributed by atoms with Gasteiger partial charge in [0.05, 0.1) is 26.6 Å². The van der Waals surface area contributed by atoms with E-state index in [2.05, 4.69) is 9.97 Å². The summed E-state index contributed by atoms with van der Waals surface area (Å²) in [4.78, 5) is 8.16. The van der Waals surface area contributed by atoms with Gasteiger partial charge in [-0.1, -0.05) is 6.92 Å². The van der Waals surface area contributed by atoms with Gasteiger partial charge in [-0.05, 0) is 18.2 Å². The monoisotopic (exact) mass is 397 g/mol. The third-order valence-electron chi connectivity index (χ3n) is 4.00. The Balaban J connectivity index is 2.43. The maximum absolute atomic E-state index is 13.9. The molecule has 0 fully saturated rings. The molecule has 0 unspecified atom stereocenters. The van der Waals surface area contributed by atoms with E-state index in [1.54, 1.807) is 0 Å². The third-order valence-corrected chi connectivity index (χ3v) is 6.87. The molecule has 3 aromatic rings. The Labute approximate surface area is 150 Å².